The largest absolute Gasteiger partial charge is 0.313 e. The first-order valence-corrected chi connectivity index (χ1v) is 7.92. The highest BCUT2D eigenvalue weighted by molar-refractivity contribution is 5.96. The van der Waals surface area contributed by atoms with Gasteiger partial charge in [-0.15, -0.1) is 0 Å². The Kier molecular flexibility index (Phi) is 6.07. The fraction of sp³-hybridized carbons (Fsp3) is 0.263. The molecule has 5 heteroatoms. The topological polar surface area (TPSA) is 40.6 Å². The van der Waals surface area contributed by atoms with Crippen LogP contribution in [0.3, 0.4) is 0 Å². The van der Waals surface area contributed by atoms with Crippen LogP contribution in [0.4, 0.5) is 15.8 Å². The van der Waals surface area contributed by atoms with Crippen molar-refractivity contribution in [1.82, 2.24) is 0 Å². The number of halogens is 1. The third-order valence-corrected chi connectivity index (χ3v) is 3.73. The minimum absolute atomic E-state index is 0.0775. The molecule has 0 aliphatic carbocycles. The quantitative estimate of drug-likeness (QED) is 0.812. The Balaban J connectivity index is 2.08. The van der Waals surface area contributed by atoms with E-state index >= 15 is 0 Å². The molecule has 0 bridgehead atoms. The molecule has 24 heavy (non-hydrogen) atoms. The highest BCUT2D eigenvalue weighted by atomic mass is 19.1. The van der Waals surface area contributed by atoms with Crippen molar-refractivity contribution in [1.29, 1.82) is 0 Å². The van der Waals surface area contributed by atoms with Gasteiger partial charge < -0.3 is 9.80 Å². The Hall–Kier alpha value is -2.69. The van der Waals surface area contributed by atoms with E-state index in [2.05, 4.69) is 0 Å². The molecule has 0 fully saturated rings. The monoisotopic (exact) mass is 328 g/mol. The number of rotatable bonds is 6. The van der Waals surface area contributed by atoms with Crippen molar-refractivity contribution in [2.24, 2.45) is 0 Å². The van der Waals surface area contributed by atoms with Crippen LogP contribution in [0.25, 0.3) is 0 Å². The molecule has 2 amide bonds. The molecule has 0 N–H and O–H groups in total. The van der Waals surface area contributed by atoms with Crippen molar-refractivity contribution in [3.63, 3.8) is 0 Å². The summed E-state index contributed by atoms with van der Waals surface area (Å²) in [7, 11) is 0. The molecule has 2 aromatic rings. The van der Waals surface area contributed by atoms with E-state index in [1.54, 1.807) is 17.0 Å². The summed E-state index contributed by atoms with van der Waals surface area (Å²) in [6, 6.07) is 15.2. The van der Waals surface area contributed by atoms with Crippen molar-refractivity contribution in [2.75, 3.05) is 22.9 Å². The number of nitrogens with zero attached hydrogens (tertiary/aromatic N) is 2. The van der Waals surface area contributed by atoms with Gasteiger partial charge >= 0.3 is 0 Å². The van der Waals surface area contributed by atoms with Gasteiger partial charge in [-0.25, -0.2) is 4.39 Å². The molecule has 0 saturated heterocycles. The van der Waals surface area contributed by atoms with Crippen molar-refractivity contribution in [2.45, 2.75) is 20.3 Å². The van der Waals surface area contributed by atoms with Gasteiger partial charge in [-0.2, -0.15) is 0 Å². The number of hydrogen-bond donors (Lipinski definition) is 0. The molecule has 0 heterocycles. The van der Waals surface area contributed by atoms with Gasteiger partial charge in [0.15, 0.2) is 0 Å². The van der Waals surface area contributed by atoms with Crippen molar-refractivity contribution >= 4 is 23.2 Å². The average Bonchev–Trinajstić information content (AvgIpc) is 2.56. The van der Waals surface area contributed by atoms with Crippen LogP contribution >= 0.6 is 0 Å². The lowest BCUT2D eigenvalue weighted by Crippen LogP contribution is -2.36. The van der Waals surface area contributed by atoms with Gasteiger partial charge in [-0.3, -0.25) is 9.59 Å². The van der Waals surface area contributed by atoms with Gasteiger partial charge in [0.25, 0.3) is 0 Å². The summed E-state index contributed by atoms with van der Waals surface area (Å²) in [4.78, 5) is 27.5. The molecule has 126 valence electrons. The Morgan fingerprint density at radius 2 is 1.62 bits per heavy atom. The van der Waals surface area contributed by atoms with Crippen LogP contribution in [0, 0.1) is 5.82 Å². The maximum Gasteiger partial charge on any atom is 0.228 e. The molecular formula is C19H21FN2O2. The van der Waals surface area contributed by atoms with Crippen LogP contribution in [0.1, 0.15) is 20.3 Å². The first-order chi connectivity index (χ1) is 11.5. The molecule has 0 radical (unpaired) electrons. The van der Waals surface area contributed by atoms with E-state index in [9.17, 15) is 14.0 Å². The second-order valence-corrected chi connectivity index (χ2v) is 5.37. The minimum atomic E-state index is -0.412. The van der Waals surface area contributed by atoms with Crippen molar-refractivity contribution < 1.29 is 14.0 Å². The first-order valence-electron chi connectivity index (χ1n) is 7.92. The fourth-order valence-corrected chi connectivity index (χ4v) is 2.57. The van der Waals surface area contributed by atoms with E-state index in [0.29, 0.717) is 12.2 Å². The van der Waals surface area contributed by atoms with Gasteiger partial charge in [0.2, 0.25) is 11.8 Å². The molecule has 0 unspecified atom stereocenters. The SMILES string of the molecule is CCN(C(=O)CCN(C(C)=O)c1cccc(F)c1)c1ccccc1. The summed E-state index contributed by atoms with van der Waals surface area (Å²) < 4.78 is 13.4. The molecule has 0 aromatic heterocycles. The number of amides is 2. The van der Waals surface area contributed by atoms with Gasteiger partial charge in [0.05, 0.1) is 0 Å². The lowest BCUT2D eigenvalue weighted by Gasteiger charge is -2.24. The number of para-hydroxylation sites is 1. The summed E-state index contributed by atoms with van der Waals surface area (Å²) >= 11 is 0. The zero-order chi connectivity index (χ0) is 17.5. The molecule has 0 saturated carbocycles. The van der Waals surface area contributed by atoms with Crippen LogP contribution < -0.4 is 9.80 Å². The maximum atomic E-state index is 13.4. The highest BCUT2D eigenvalue weighted by Crippen LogP contribution is 2.18. The average molecular weight is 328 g/mol. The second kappa shape index (κ2) is 8.24. The van der Waals surface area contributed by atoms with Gasteiger partial charge in [-0.05, 0) is 37.3 Å². The van der Waals surface area contributed by atoms with Crippen LogP contribution in [-0.4, -0.2) is 24.9 Å². The lowest BCUT2D eigenvalue weighted by atomic mass is 10.2. The maximum absolute atomic E-state index is 13.4. The van der Waals surface area contributed by atoms with Gasteiger partial charge in [-0.1, -0.05) is 24.3 Å². The molecule has 0 atom stereocenters. The fourth-order valence-electron chi connectivity index (χ4n) is 2.57. The Morgan fingerprint density at radius 1 is 0.958 bits per heavy atom. The first kappa shape index (κ1) is 17.7. The molecule has 0 spiro atoms. The molecular weight excluding hydrogens is 307 g/mol. The number of hydrogen-bond acceptors (Lipinski definition) is 2. The van der Waals surface area contributed by atoms with Crippen LogP contribution in [0.15, 0.2) is 54.6 Å². The van der Waals surface area contributed by atoms with E-state index in [0.717, 1.165) is 5.69 Å². The lowest BCUT2D eigenvalue weighted by molar-refractivity contribution is -0.118. The summed E-state index contributed by atoms with van der Waals surface area (Å²) in [5, 5.41) is 0. The standard InChI is InChI=1S/C19H21FN2O2/c1-3-21(17-9-5-4-6-10-17)19(24)12-13-22(15(2)23)18-11-7-8-16(20)14-18/h4-11,14H,3,12-13H2,1-2H3. The van der Waals surface area contributed by atoms with E-state index in [4.69, 9.17) is 0 Å². The normalized spacial score (nSPS) is 10.3. The highest BCUT2D eigenvalue weighted by Gasteiger charge is 2.18. The molecule has 2 aromatic carbocycles. The predicted molar refractivity (Wildman–Crippen MR) is 93.5 cm³/mol. The van der Waals surface area contributed by atoms with Crippen molar-refractivity contribution in [3.05, 3.63) is 60.4 Å². The zero-order valence-electron chi connectivity index (χ0n) is 13.9. The number of carbonyl (C=O) groups excluding carboxylic acids is 2. The zero-order valence-corrected chi connectivity index (χ0v) is 13.9. The molecule has 2 rings (SSSR count). The number of anilines is 2. The summed E-state index contributed by atoms with van der Waals surface area (Å²) in [5.74, 6) is -0.716. The van der Waals surface area contributed by atoms with E-state index in [1.807, 2.05) is 37.3 Å². The Morgan fingerprint density at radius 3 is 2.21 bits per heavy atom. The van der Waals surface area contributed by atoms with E-state index in [-0.39, 0.29) is 24.8 Å². The number of benzene rings is 2. The minimum Gasteiger partial charge on any atom is -0.313 e. The summed E-state index contributed by atoms with van der Waals surface area (Å²) in [6.45, 7) is 4.06. The van der Waals surface area contributed by atoms with Crippen LogP contribution in [0.5, 0.6) is 0 Å². The Bertz CT molecular complexity index is 704. The van der Waals surface area contributed by atoms with E-state index < -0.39 is 5.82 Å². The van der Waals surface area contributed by atoms with E-state index in [1.165, 1.54) is 24.0 Å². The predicted octanol–water partition coefficient (Wildman–Crippen LogP) is 3.62. The summed E-state index contributed by atoms with van der Waals surface area (Å²) in [5.41, 5.74) is 1.28. The van der Waals surface area contributed by atoms with Crippen LogP contribution in [-0.2, 0) is 9.59 Å². The van der Waals surface area contributed by atoms with Crippen LogP contribution in [0.2, 0.25) is 0 Å². The number of carbonyl (C=O) groups is 2. The second-order valence-electron chi connectivity index (χ2n) is 5.37. The van der Waals surface area contributed by atoms with Gasteiger partial charge in [0.1, 0.15) is 5.82 Å². The smallest absolute Gasteiger partial charge is 0.228 e. The third kappa shape index (κ3) is 4.41. The Labute approximate surface area is 141 Å². The summed E-state index contributed by atoms with van der Waals surface area (Å²) in [6.07, 6.45) is 0.166. The molecule has 4 nitrogen and oxygen atoms in total. The third-order valence-electron chi connectivity index (χ3n) is 3.73. The van der Waals surface area contributed by atoms with Crippen molar-refractivity contribution in [3.8, 4) is 0 Å². The molecule has 0 aliphatic rings. The molecule has 0 aliphatic heterocycles. The van der Waals surface area contributed by atoms with Gasteiger partial charge in [0, 0.05) is 37.8 Å².